The van der Waals surface area contributed by atoms with Crippen LogP contribution in [0.15, 0.2) is 36.7 Å². The maximum atomic E-state index is 13.0. The first-order valence-corrected chi connectivity index (χ1v) is 9.65. The molecule has 0 radical (unpaired) electrons. The molecule has 2 fully saturated rings. The Morgan fingerprint density at radius 1 is 1.00 bits per heavy atom. The summed E-state index contributed by atoms with van der Waals surface area (Å²) in [7, 11) is 0. The molecule has 2 saturated heterocycles. The van der Waals surface area contributed by atoms with Crippen LogP contribution in [0.3, 0.4) is 0 Å². The van der Waals surface area contributed by atoms with Gasteiger partial charge >= 0.3 is 6.18 Å². The van der Waals surface area contributed by atoms with Crippen LogP contribution in [-0.4, -0.2) is 53.7 Å². The number of rotatable bonds is 4. The highest BCUT2D eigenvalue weighted by Gasteiger charge is 2.34. The van der Waals surface area contributed by atoms with Gasteiger partial charge in [0.1, 0.15) is 5.75 Å². The minimum Gasteiger partial charge on any atom is -0.493 e. The molecule has 0 saturated carbocycles. The highest BCUT2D eigenvalue weighted by Crippen LogP contribution is 2.31. The number of hydrogen-bond acceptors (Lipinski definition) is 5. The first kappa shape index (κ1) is 19.9. The summed E-state index contributed by atoms with van der Waals surface area (Å²) in [4.78, 5) is 12.6. The molecule has 1 unspecified atom stereocenters. The predicted molar refractivity (Wildman–Crippen MR) is 99.2 cm³/mol. The molecule has 2 atom stereocenters. The number of benzene rings is 1. The van der Waals surface area contributed by atoms with E-state index in [2.05, 4.69) is 19.8 Å². The van der Waals surface area contributed by atoms with Crippen LogP contribution in [0.2, 0.25) is 0 Å². The molecular weight excluding hydrogens is 388 g/mol. The third-order valence-electron chi connectivity index (χ3n) is 5.56. The molecule has 5 nitrogen and oxygen atoms in total. The first-order chi connectivity index (χ1) is 13.9. The van der Waals surface area contributed by atoms with Crippen LogP contribution in [0, 0.1) is 11.7 Å². The minimum atomic E-state index is -4.34. The second kappa shape index (κ2) is 8.14. The molecule has 0 bridgehead atoms. The molecule has 0 spiro atoms. The summed E-state index contributed by atoms with van der Waals surface area (Å²) in [6, 6.07) is 5.22. The summed E-state index contributed by atoms with van der Waals surface area (Å²) in [5.74, 6) is 0.903. The third-order valence-corrected chi connectivity index (χ3v) is 5.56. The predicted octanol–water partition coefficient (Wildman–Crippen LogP) is 3.61. The van der Waals surface area contributed by atoms with Crippen molar-refractivity contribution in [3.8, 4) is 5.75 Å². The Balaban J connectivity index is 1.27. The van der Waals surface area contributed by atoms with E-state index in [4.69, 9.17) is 4.74 Å². The molecule has 0 N–H and O–H groups in total. The maximum Gasteiger partial charge on any atom is 0.416 e. The van der Waals surface area contributed by atoms with E-state index in [-0.39, 0.29) is 0 Å². The number of fused-ring (bicyclic) bond motifs is 1. The van der Waals surface area contributed by atoms with E-state index >= 15 is 0 Å². The van der Waals surface area contributed by atoms with Gasteiger partial charge in [0.15, 0.2) is 5.82 Å². The van der Waals surface area contributed by atoms with Gasteiger partial charge in [-0.2, -0.15) is 13.2 Å². The topological polar surface area (TPSA) is 41.5 Å². The van der Waals surface area contributed by atoms with E-state index in [0.29, 0.717) is 30.3 Å². The Kier molecular flexibility index (Phi) is 5.58. The van der Waals surface area contributed by atoms with Gasteiger partial charge in [0, 0.05) is 38.1 Å². The maximum absolute atomic E-state index is 13.0. The van der Waals surface area contributed by atoms with Gasteiger partial charge in [-0.25, -0.2) is 14.4 Å². The van der Waals surface area contributed by atoms with Crippen molar-refractivity contribution >= 4 is 5.95 Å². The van der Waals surface area contributed by atoms with E-state index in [1.54, 1.807) is 0 Å². The molecule has 1 aromatic carbocycles. The van der Waals surface area contributed by atoms with Crippen LogP contribution in [0.5, 0.6) is 5.75 Å². The van der Waals surface area contributed by atoms with E-state index < -0.39 is 17.6 Å². The van der Waals surface area contributed by atoms with Crippen molar-refractivity contribution in [3.63, 3.8) is 0 Å². The molecular formula is C20H22F4N4O. The van der Waals surface area contributed by atoms with Crippen LogP contribution < -0.4 is 9.64 Å². The van der Waals surface area contributed by atoms with Crippen molar-refractivity contribution in [2.24, 2.45) is 5.92 Å². The largest absolute Gasteiger partial charge is 0.493 e. The number of aromatic nitrogens is 2. The van der Waals surface area contributed by atoms with E-state index in [0.717, 1.165) is 51.2 Å². The third kappa shape index (κ3) is 4.77. The Labute approximate surface area is 166 Å². The van der Waals surface area contributed by atoms with Crippen molar-refractivity contribution in [3.05, 3.63) is 48.0 Å². The SMILES string of the molecule is Fc1cnc(N2CCN3CC(COc4ccc(C(F)(F)F)cc4)CC[C@H]3C2)nc1. The van der Waals surface area contributed by atoms with Crippen molar-refractivity contribution in [2.45, 2.75) is 25.1 Å². The smallest absolute Gasteiger partial charge is 0.416 e. The fourth-order valence-corrected chi connectivity index (χ4v) is 4.00. The first-order valence-electron chi connectivity index (χ1n) is 9.65. The number of hydrogen-bond donors (Lipinski definition) is 0. The number of ether oxygens (including phenoxy) is 1. The average Bonchev–Trinajstić information content (AvgIpc) is 2.72. The monoisotopic (exact) mass is 410 g/mol. The molecule has 0 aliphatic carbocycles. The summed E-state index contributed by atoms with van der Waals surface area (Å²) in [5, 5.41) is 0. The zero-order valence-corrected chi connectivity index (χ0v) is 15.8. The summed E-state index contributed by atoms with van der Waals surface area (Å²) in [5.41, 5.74) is -0.673. The van der Waals surface area contributed by atoms with Crippen molar-refractivity contribution in [2.75, 3.05) is 37.7 Å². The van der Waals surface area contributed by atoms with Gasteiger partial charge in [0.05, 0.1) is 24.6 Å². The molecule has 29 heavy (non-hydrogen) atoms. The van der Waals surface area contributed by atoms with Crippen molar-refractivity contribution in [1.82, 2.24) is 14.9 Å². The molecule has 1 aromatic heterocycles. The normalized spacial score (nSPS) is 23.0. The summed E-state index contributed by atoms with van der Waals surface area (Å²) >= 11 is 0. The summed E-state index contributed by atoms with van der Waals surface area (Å²) in [6.45, 7) is 3.82. The van der Waals surface area contributed by atoms with Crippen LogP contribution in [0.4, 0.5) is 23.5 Å². The molecule has 2 aliphatic rings. The van der Waals surface area contributed by atoms with Gasteiger partial charge in [0.25, 0.3) is 0 Å². The quantitative estimate of drug-likeness (QED) is 0.721. The van der Waals surface area contributed by atoms with Crippen LogP contribution in [0.25, 0.3) is 0 Å². The van der Waals surface area contributed by atoms with Gasteiger partial charge in [-0.05, 0) is 37.1 Å². The Hall–Kier alpha value is -2.42. The fraction of sp³-hybridized carbons (Fsp3) is 0.500. The van der Waals surface area contributed by atoms with E-state index in [1.807, 2.05) is 0 Å². The number of nitrogens with zero attached hydrogens (tertiary/aromatic N) is 4. The number of anilines is 1. The van der Waals surface area contributed by atoms with Gasteiger partial charge in [-0.3, -0.25) is 4.90 Å². The van der Waals surface area contributed by atoms with Crippen molar-refractivity contribution < 1.29 is 22.3 Å². The van der Waals surface area contributed by atoms with Gasteiger partial charge in [-0.15, -0.1) is 0 Å². The molecule has 2 aromatic rings. The van der Waals surface area contributed by atoms with Gasteiger partial charge in [-0.1, -0.05) is 0 Å². The molecule has 4 rings (SSSR count). The number of halogens is 4. The second-order valence-corrected chi connectivity index (χ2v) is 7.57. The summed E-state index contributed by atoms with van der Waals surface area (Å²) < 4.78 is 56.7. The standard InChI is InChI=1S/C20H22F4N4O/c21-16-9-25-19(26-10-16)28-8-7-27-11-14(1-4-17(27)12-28)13-29-18-5-2-15(3-6-18)20(22,23)24/h2-3,5-6,9-10,14,17H,1,4,7-8,11-13H2/t14?,17-/m0/s1. The summed E-state index contributed by atoms with van der Waals surface area (Å²) in [6.07, 6.45) is 0.0189. The lowest BCUT2D eigenvalue weighted by molar-refractivity contribution is -0.137. The molecule has 3 heterocycles. The van der Waals surface area contributed by atoms with E-state index in [1.165, 1.54) is 24.5 Å². The zero-order chi connectivity index (χ0) is 20.4. The number of alkyl halides is 3. The van der Waals surface area contributed by atoms with Crippen molar-refractivity contribution in [1.29, 1.82) is 0 Å². The van der Waals surface area contributed by atoms with Crippen LogP contribution >= 0.6 is 0 Å². The number of piperidine rings is 1. The van der Waals surface area contributed by atoms with Gasteiger partial charge in [0.2, 0.25) is 5.95 Å². The fourth-order valence-electron chi connectivity index (χ4n) is 4.00. The van der Waals surface area contributed by atoms with E-state index in [9.17, 15) is 17.6 Å². The van der Waals surface area contributed by atoms with Crippen LogP contribution in [-0.2, 0) is 6.18 Å². The zero-order valence-electron chi connectivity index (χ0n) is 15.8. The van der Waals surface area contributed by atoms with Gasteiger partial charge < -0.3 is 9.64 Å². The Morgan fingerprint density at radius 3 is 2.41 bits per heavy atom. The lowest BCUT2D eigenvalue weighted by Crippen LogP contribution is -2.57. The highest BCUT2D eigenvalue weighted by molar-refractivity contribution is 5.30. The van der Waals surface area contributed by atoms with Crippen LogP contribution in [0.1, 0.15) is 18.4 Å². The molecule has 2 aliphatic heterocycles. The highest BCUT2D eigenvalue weighted by atomic mass is 19.4. The minimum absolute atomic E-state index is 0.335. The Bertz CT molecular complexity index is 813. The lowest BCUT2D eigenvalue weighted by atomic mass is 9.91. The second-order valence-electron chi connectivity index (χ2n) is 7.57. The Morgan fingerprint density at radius 2 is 1.72 bits per heavy atom. The molecule has 156 valence electrons. The average molecular weight is 410 g/mol. The molecule has 0 amide bonds. The number of piperazine rings is 1. The molecule has 9 heteroatoms. The lowest BCUT2D eigenvalue weighted by Gasteiger charge is -2.46.